The smallest absolute Gasteiger partial charge is 0.107 e. The van der Waals surface area contributed by atoms with E-state index in [-0.39, 0.29) is 6.23 Å². The lowest BCUT2D eigenvalue weighted by atomic mass is 10.1. The highest BCUT2D eigenvalue weighted by Gasteiger charge is 2.18. The van der Waals surface area contributed by atoms with E-state index in [1.165, 1.54) is 19.3 Å². The van der Waals surface area contributed by atoms with Crippen molar-refractivity contribution in [1.82, 2.24) is 4.90 Å². The molecule has 0 aliphatic carbocycles. The molecule has 0 amide bonds. The molecule has 0 heterocycles. The van der Waals surface area contributed by atoms with Crippen molar-refractivity contribution in [3.63, 3.8) is 0 Å². The summed E-state index contributed by atoms with van der Waals surface area (Å²) < 4.78 is 0. The minimum Gasteiger partial charge on any atom is -0.378 e. The lowest BCUT2D eigenvalue weighted by molar-refractivity contribution is -0.0253. The molecule has 0 radical (unpaired) electrons. The molecule has 14 heavy (non-hydrogen) atoms. The quantitative estimate of drug-likeness (QED) is 0.610. The molecule has 0 saturated carbocycles. The molecule has 0 aromatic carbocycles. The molecule has 86 valence electrons. The van der Waals surface area contributed by atoms with Gasteiger partial charge >= 0.3 is 0 Å². The van der Waals surface area contributed by atoms with Crippen LogP contribution in [0.15, 0.2) is 0 Å². The number of nitrogens with zero attached hydrogens (tertiary/aromatic N) is 1. The molecule has 2 heteroatoms. The number of rotatable bonds is 8. The number of aliphatic hydroxyl groups excluding tert-OH is 1. The zero-order valence-corrected chi connectivity index (χ0v) is 10.3. The van der Waals surface area contributed by atoms with Crippen molar-refractivity contribution >= 4 is 0 Å². The Morgan fingerprint density at radius 3 is 2.14 bits per heavy atom. The molecule has 2 nitrogen and oxygen atoms in total. The van der Waals surface area contributed by atoms with Crippen LogP contribution in [-0.4, -0.2) is 28.8 Å². The highest BCUT2D eigenvalue weighted by atomic mass is 16.3. The van der Waals surface area contributed by atoms with Gasteiger partial charge in [-0.05, 0) is 26.3 Å². The van der Waals surface area contributed by atoms with E-state index in [0.717, 1.165) is 19.4 Å². The van der Waals surface area contributed by atoms with Gasteiger partial charge < -0.3 is 5.11 Å². The third-order valence-electron chi connectivity index (χ3n) is 2.84. The Labute approximate surface area is 89.3 Å². The summed E-state index contributed by atoms with van der Waals surface area (Å²) in [4.78, 5) is 2.21. The van der Waals surface area contributed by atoms with Crippen LogP contribution in [0.2, 0.25) is 0 Å². The number of hydrogen-bond acceptors (Lipinski definition) is 2. The molecule has 0 spiro atoms. The largest absolute Gasteiger partial charge is 0.378 e. The van der Waals surface area contributed by atoms with Crippen LogP contribution in [-0.2, 0) is 0 Å². The second-order valence-electron chi connectivity index (χ2n) is 4.09. The minimum atomic E-state index is -0.239. The van der Waals surface area contributed by atoms with Crippen molar-refractivity contribution < 1.29 is 5.11 Å². The first-order chi connectivity index (χ1) is 6.67. The van der Waals surface area contributed by atoms with Crippen LogP contribution in [0.5, 0.6) is 0 Å². The van der Waals surface area contributed by atoms with Crippen LogP contribution in [0.1, 0.15) is 59.8 Å². The predicted octanol–water partition coefficient (Wildman–Crippen LogP) is 3.01. The third kappa shape index (κ3) is 4.97. The topological polar surface area (TPSA) is 23.5 Å². The van der Waals surface area contributed by atoms with E-state index in [9.17, 15) is 5.11 Å². The van der Waals surface area contributed by atoms with E-state index in [0.29, 0.717) is 6.04 Å². The summed E-state index contributed by atoms with van der Waals surface area (Å²) in [7, 11) is 0. The number of aliphatic hydroxyl groups is 1. The second kappa shape index (κ2) is 8.25. The molecule has 0 aliphatic rings. The van der Waals surface area contributed by atoms with Gasteiger partial charge in [0.25, 0.3) is 0 Å². The van der Waals surface area contributed by atoms with E-state index < -0.39 is 0 Å². The van der Waals surface area contributed by atoms with Gasteiger partial charge in [0.05, 0.1) is 0 Å². The van der Waals surface area contributed by atoms with Crippen molar-refractivity contribution in [3.8, 4) is 0 Å². The highest BCUT2D eigenvalue weighted by Crippen LogP contribution is 2.13. The molecule has 0 bridgehead atoms. The van der Waals surface area contributed by atoms with Crippen LogP contribution in [0.4, 0.5) is 0 Å². The maximum Gasteiger partial charge on any atom is 0.107 e. The minimum absolute atomic E-state index is 0.239. The summed E-state index contributed by atoms with van der Waals surface area (Å²) in [6.45, 7) is 9.63. The molecular formula is C12H27NO. The van der Waals surface area contributed by atoms with Gasteiger partial charge in [0.1, 0.15) is 6.23 Å². The lowest BCUT2D eigenvalue weighted by Crippen LogP contribution is -2.41. The first-order valence-corrected chi connectivity index (χ1v) is 6.11. The van der Waals surface area contributed by atoms with Crippen molar-refractivity contribution in [3.05, 3.63) is 0 Å². The van der Waals surface area contributed by atoms with E-state index in [1.807, 2.05) is 0 Å². The van der Waals surface area contributed by atoms with Gasteiger partial charge in [-0.1, -0.05) is 40.0 Å². The Morgan fingerprint density at radius 2 is 1.71 bits per heavy atom. The first kappa shape index (κ1) is 13.9. The molecule has 1 N–H and O–H groups in total. The fourth-order valence-electron chi connectivity index (χ4n) is 1.91. The average molecular weight is 201 g/mol. The first-order valence-electron chi connectivity index (χ1n) is 6.11. The molecule has 0 aromatic rings. The summed E-state index contributed by atoms with van der Waals surface area (Å²) >= 11 is 0. The average Bonchev–Trinajstić information content (AvgIpc) is 2.16. The normalized spacial score (nSPS) is 15.9. The summed E-state index contributed by atoms with van der Waals surface area (Å²) in [6.07, 6.45) is 5.41. The van der Waals surface area contributed by atoms with Crippen LogP contribution >= 0.6 is 0 Å². The maximum absolute atomic E-state index is 9.90. The molecular weight excluding hydrogens is 174 g/mol. The predicted molar refractivity (Wildman–Crippen MR) is 62.3 cm³/mol. The fourth-order valence-corrected chi connectivity index (χ4v) is 1.91. The Bertz CT molecular complexity index is 127. The van der Waals surface area contributed by atoms with Gasteiger partial charge in [0.15, 0.2) is 0 Å². The molecule has 0 aromatic heterocycles. The van der Waals surface area contributed by atoms with Gasteiger partial charge in [-0.15, -0.1) is 0 Å². The van der Waals surface area contributed by atoms with E-state index in [4.69, 9.17) is 0 Å². The molecule has 0 saturated heterocycles. The Hall–Kier alpha value is -0.0800. The summed E-state index contributed by atoms with van der Waals surface area (Å²) in [5, 5.41) is 9.90. The van der Waals surface area contributed by atoms with Crippen LogP contribution in [0, 0.1) is 0 Å². The SMILES string of the molecule is CCCCC(C)N(CC)C(O)CCC. The van der Waals surface area contributed by atoms with E-state index in [2.05, 4.69) is 32.6 Å². The van der Waals surface area contributed by atoms with Crippen molar-refractivity contribution in [2.24, 2.45) is 0 Å². The molecule has 0 aliphatic heterocycles. The van der Waals surface area contributed by atoms with E-state index in [1.54, 1.807) is 0 Å². The van der Waals surface area contributed by atoms with E-state index >= 15 is 0 Å². The lowest BCUT2D eigenvalue weighted by Gasteiger charge is -2.32. The van der Waals surface area contributed by atoms with Gasteiger partial charge in [0, 0.05) is 6.04 Å². The van der Waals surface area contributed by atoms with Crippen LogP contribution < -0.4 is 0 Å². The number of hydrogen-bond donors (Lipinski definition) is 1. The second-order valence-corrected chi connectivity index (χ2v) is 4.09. The fraction of sp³-hybridized carbons (Fsp3) is 1.00. The molecule has 0 rings (SSSR count). The summed E-state index contributed by atoms with van der Waals surface area (Å²) in [5.41, 5.74) is 0. The van der Waals surface area contributed by atoms with Crippen molar-refractivity contribution in [2.45, 2.75) is 72.1 Å². The zero-order chi connectivity index (χ0) is 11.0. The Morgan fingerprint density at radius 1 is 1.07 bits per heavy atom. The van der Waals surface area contributed by atoms with Gasteiger partial charge in [0.2, 0.25) is 0 Å². The maximum atomic E-state index is 9.90. The standard InChI is InChI=1S/C12H27NO/c1-5-8-10-11(4)13(7-3)12(14)9-6-2/h11-12,14H,5-10H2,1-4H3. The van der Waals surface area contributed by atoms with Gasteiger partial charge in [-0.25, -0.2) is 0 Å². The summed E-state index contributed by atoms with van der Waals surface area (Å²) in [5.74, 6) is 0. The van der Waals surface area contributed by atoms with Crippen molar-refractivity contribution in [2.75, 3.05) is 6.54 Å². The number of unbranched alkanes of at least 4 members (excludes halogenated alkanes) is 1. The van der Waals surface area contributed by atoms with Crippen LogP contribution in [0.25, 0.3) is 0 Å². The Kier molecular flexibility index (Phi) is 8.20. The van der Waals surface area contributed by atoms with Crippen molar-refractivity contribution in [1.29, 1.82) is 0 Å². The Balaban J connectivity index is 3.96. The van der Waals surface area contributed by atoms with Crippen LogP contribution in [0.3, 0.4) is 0 Å². The summed E-state index contributed by atoms with van der Waals surface area (Å²) in [6, 6.07) is 0.515. The van der Waals surface area contributed by atoms with Gasteiger partial charge in [-0.2, -0.15) is 0 Å². The molecule has 0 fully saturated rings. The monoisotopic (exact) mass is 201 g/mol. The molecule has 2 unspecified atom stereocenters. The zero-order valence-electron chi connectivity index (χ0n) is 10.3. The highest BCUT2D eigenvalue weighted by molar-refractivity contribution is 4.68. The third-order valence-corrected chi connectivity index (χ3v) is 2.84. The molecule has 2 atom stereocenters. The van der Waals surface area contributed by atoms with Gasteiger partial charge in [-0.3, -0.25) is 4.90 Å².